The van der Waals surface area contributed by atoms with E-state index in [-0.39, 0.29) is 5.41 Å². The van der Waals surface area contributed by atoms with Gasteiger partial charge in [0.2, 0.25) is 0 Å². The fraction of sp³-hybridized carbons (Fsp3) is 0.625. The molecule has 1 aromatic rings. The summed E-state index contributed by atoms with van der Waals surface area (Å²) in [6, 6.07) is 2.03. The molecular formula is C8H13ClN2. The molecule has 0 saturated carbocycles. The molecule has 62 valence electrons. The van der Waals surface area contributed by atoms with Gasteiger partial charge in [0.1, 0.15) is 0 Å². The van der Waals surface area contributed by atoms with Crippen LogP contribution in [0.25, 0.3) is 0 Å². The van der Waals surface area contributed by atoms with Gasteiger partial charge in [-0.05, 0) is 13.0 Å². The summed E-state index contributed by atoms with van der Waals surface area (Å²) in [5.41, 5.74) is 2.12. The Morgan fingerprint density at radius 3 is 2.64 bits per heavy atom. The molecule has 0 aliphatic heterocycles. The van der Waals surface area contributed by atoms with Crippen LogP contribution in [0.5, 0.6) is 0 Å². The van der Waals surface area contributed by atoms with Crippen LogP contribution in [0.1, 0.15) is 25.2 Å². The number of aromatic nitrogens is 2. The standard InChI is InChI=1S/C8H13ClN2/c1-6-4-7(11-10-6)8(2,3)5-9/h4H,5H2,1-3H3,(H,10,11). The number of hydrogen-bond acceptors (Lipinski definition) is 1. The molecule has 0 saturated heterocycles. The summed E-state index contributed by atoms with van der Waals surface area (Å²) in [6.45, 7) is 6.14. The maximum absolute atomic E-state index is 5.79. The number of alkyl halides is 1. The van der Waals surface area contributed by atoms with Crippen LogP contribution in [0.3, 0.4) is 0 Å². The molecule has 3 heteroatoms. The van der Waals surface area contributed by atoms with Gasteiger partial charge in [0, 0.05) is 17.0 Å². The molecule has 0 fully saturated rings. The summed E-state index contributed by atoms with van der Waals surface area (Å²) < 4.78 is 0. The van der Waals surface area contributed by atoms with Gasteiger partial charge in [0.15, 0.2) is 0 Å². The lowest BCUT2D eigenvalue weighted by atomic mass is 9.92. The molecule has 0 amide bonds. The van der Waals surface area contributed by atoms with Crippen molar-refractivity contribution < 1.29 is 0 Å². The predicted molar refractivity (Wildman–Crippen MR) is 47.1 cm³/mol. The van der Waals surface area contributed by atoms with E-state index >= 15 is 0 Å². The van der Waals surface area contributed by atoms with E-state index in [0.29, 0.717) is 5.88 Å². The van der Waals surface area contributed by atoms with Crippen LogP contribution in [0.2, 0.25) is 0 Å². The second-order valence-corrected chi connectivity index (χ2v) is 3.71. The third kappa shape index (κ3) is 1.74. The average Bonchev–Trinajstić information content (AvgIpc) is 2.36. The van der Waals surface area contributed by atoms with Gasteiger partial charge in [-0.15, -0.1) is 11.6 Å². The zero-order chi connectivity index (χ0) is 8.48. The monoisotopic (exact) mass is 172 g/mol. The van der Waals surface area contributed by atoms with E-state index in [2.05, 4.69) is 24.0 Å². The summed E-state index contributed by atoms with van der Waals surface area (Å²) in [4.78, 5) is 0. The van der Waals surface area contributed by atoms with E-state index in [9.17, 15) is 0 Å². The van der Waals surface area contributed by atoms with Crippen LogP contribution >= 0.6 is 11.6 Å². The molecule has 1 heterocycles. The van der Waals surface area contributed by atoms with E-state index in [1.807, 2.05) is 13.0 Å². The summed E-state index contributed by atoms with van der Waals surface area (Å²) in [5, 5.41) is 7.01. The molecule has 1 aromatic heterocycles. The van der Waals surface area contributed by atoms with E-state index in [0.717, 1.165) is 11.4 Å². The van der Waals surface area contributed by atoms with Crippen molar-refractivity contribution in [3.05, 3.63) is 17.5 Å². The quantitative estimate of drug-likeness (QED) is 0.681. The van der Waals surface area contributed by atoms with Gasteiger partial charge in [-0.25, -0.2) is 0 Å². The lowest BCUT2D eigenvalue weighted by Gasteiger charge is -2.18. The van der Waals surface area contributed by atoms with E-state index in [4.69, 9.17) is 11.6 Å². The molecule has 0 aromatic carbocycles. The minimum absolute atomic E-state index is 0.00279. The zero-order valence-corrected chi connectivity index (χ0v) is 7.87. The van der Waals surface area contributed by atoms with Crippen LogP contribution < -0.4 is 0 Å². The highest BCUT2D eigenvalue weighted by Gasteiger charge is 2.20. The Bertz CT molecular complexity index is 240. The summed E-state index contributed by atoms with van der Waals surface area (Å²) in [7, 11) is 0. The average molecular weight is 173 g/mol. The maximum atomic E-state index is 5.79. The number of aromatic amines is 1. The van der Waals surface area contributed by atoms with Crippen LogP contribution in [0, 0.1) is 6.92 Å². The lowest BCUT2D eigenvalue weighted by Crippen LogP contribution is -2.19. The fourth-order valence-electron chi connectivity index (χ4n) is 0.841. The zero-order valence-electron chi connectivity index (χ0n) is 7.11. The van der Waals surface area contributed by atoms with Crippen molar-refractivity contribution >= 4 is 11.6 Å². The smallest absolute Gasteiger partial charge is 0.0594 e. The number of halogens is 1. The highest BCUT2D eigenvalue weighted by atomic mass is 35.5. The number of nitrogens with zero attached hydrogens (tertiary/aromatic N) is 1. The van der Waals surface area contributed by atoms with Gasteiger partial charge in [0.25, 0.3) is 0 Å². The Morgan fingerprint density at radius 2 is 2.27 bits per heavy atom. The highest BCUT2D eigenvalue weighted by Crippen LogP contribution is 2.22. The number of H-pyrrole nitrogens is 1. The Balaban J connectivity index is 2.92. The lowest BCUT2D eigenvalue weighted by molar-refractivity contribution is 0.574. The molecule has 2 nitrogen and oxygen atoms in total. The molecule has 0 aliphatic carbocycles. The Kier molecular flexibility index (Phi) is 2.23. The molecule has 1 rings (SSSR count). The second-order valence-electron chi connectivity index (χ2n) is 3.44. The molecule has 1 N–H and O–H groups in total. The van der Waals surface area contributed by atoms with Gasteiger partial charge in [-0.1, -0.05) is 13.8 Å². The minimum atomic E-state index is 0.00279. The second kappa shape index (κ2) is 2.86. The summed E-state index contributed by atoms with van der Waals surface area (Å²) in [6.07, 6.45) is 0. The van der Waals surface area contributed by atoms with Gasteiger partial charge < -0.3 is 0 Å². The number of rotatable bonds is 2. The Labute approximate surface area is 72.0 Å². The summed E-state index contributed by atoms with van der Waals surface area (Å²) in [5.74, 6) is 0.606. The first-order valence-corrected chi connectivity index (χ1v) is 4.18. The topological polar surface area (TPSA) is 28.7 Å². The fourth-order valence-corrected chi connectivity index (χ4v) is 0.984. The van der Waals surface area contributed by atoms with Crippen molar-refractivity contribution in [3.63, 3.8) is 0 Å². The molecule has 0 bridgehead atoms. The van der Waals surface area contributed by atoms with Gasteiger partial charge >= 0.3 is 0 Å². The molecule has 0 atom stereocenters. The molecule has 11 heavy (non-hydrogen) atoms. The van der Waals surface area contributed by atoms with E-state index < -0.39 is 0 Å². The maximum Gasteiger partial charge on any atom is 0.0594 e. The first-order chi connectivity index (χ1) is 5.06. The van der Waals surface area contributed by atoms with Crippen LogP contribution in [-0.4, -0.2) is 16.1 Å². The molecule has 0 aliphatic rings. The molecular weight excluding hydrogens is 160 g/mol. The molecule has 0 unspecified atom stereocenters. The normalized spacial score (nSPS) is 12.0. The van der Waals surface area contributed by atoms with Gasteiger partial charge in [-0.2, -0.15) is 5.10 Å². The number of hydrogen-bond donors (Lipinski definition) is 1. The first-order valence-electron chi connectivity index (χ1n) is 3.65. The van der Waals surface area contributed by atoms with Crippen LogP contribution in [0.4, 0.5) is 0 Å². The SMILES string of the molecule is Cc1cc(C(C)(C)CCl)[nH]n1. The van der Waals surface area contributed by atoms with Crippen molar-refractivity contribution in [2.75, 3.05) is 5.88 Å². The van der Waals surface area contributed by atoms with Crippen molar-refractivity contribution in [1.82, 2.24) is 10.2 Å². The first kappa shape index (κ1) is 8.60. The third-order valence-electron chi connectivity index (χ3n) is 1.77. The van der Waals surface area contributed by atoms with E-state index in [1.165, 1.54) is 0 Å². The molecule has 0 spiro atoms. The van der Waals surface area contributed by atoms with E-state index in [1.54, 1.807) is 0 Å². The van der Waals surface area contributed by atoms with Crippen molar-refractivity contribution in [2.45, 2.75) is 26.2 Å². The van der Waals surface area contributed by atoms with Gasteiger partial charge in [-0.3, -0.25) is 5.10 Å². The van der Waals surface area contributed by atoms with Crippen LogP contribution in [-0.2, 0) is 5.41 Å². The Morgan fingerprint density at radius 1 is 1.64 bits per heavy atom. The van der Waals surface area contributed by atoms with Crippen molar-refractivity contribution in [3.8, 4) is 0 Å². The molecule has 0 radical (unpaired) electrons. The van der Waals surface area contributed by atoms with Gasteiger partial charge in [0.05, 0.1) is 5.69 Å². The third-order valence-corrected chi connectivity index (χ3v) is 2.44. The largest absolute Gasteiger partial charge is 0.282 e. The minimum Gasteiger partial charge on any atom is -0.282 e. The van der Waals surface area contributed by atoms with Crippen molar-refractivity contribution in [1.29, 1.82) is 0 Å². The Hall–Kier alpha value is -0.500. The number of aryl methyl sites for hydroxylation is 1. The van der Waals surface area contributed by atoms with Crippen LogP contribution in [0.15, 0.2) is 6.07 Å². The van der Waals surface area contributed by atoms with Crippen molar-refractivity contribution in [2.24, 2.45) is 0 Å². The predicted octanol–water partition coefficient (Wildman–Crippen LogP) is 2.23. The highest BCUT2D eigenvalue weighted by molar-refractivity contribution is 6.18. The summed E-state index contributed by atoms with van der Waals surface area (Å²) >= 11 is 5.79. The number of nitrogens with one attached hydrogen (secondary N) is 1.